The summed E-state index contributed by atoms with van der Waals surface area (Å²) in [5.41, 5.74) is 0.395. The third-order valence-corrected chi connectivity index (χ3v) is 6.32. The number of nitrogens with zero attached hydrogens (tertiary/aromatic N) is 2. The molecule has 0 unspecified atom stereocenters. The van der Waals surface area contributed by atoms with E-state index in [1.165, 1.54) is 4.31 Å². The summed E-state index contributed by atoms with van der Waals surface area (Å²) in [4.78, 5) is 16.4. The monoisotopic (exact) mass is 359 g/mol. The second kappa shape index (κ2) is 7.76. The number of nitrogens with one attached hydrogen (secondary N) is 1. The third kappa shape index (κ3) is 4.24. The SMILES string of the molecule is O=C(NCC1CCN(S(=O)(=O)c2ccccc2)CC1)c1ccccn1. The molecular weight excluding hydrogens is 338 g/mol. The number of piperidine rings is 1. The van der Waals surface area contributed by atoms with Crippen LogP contribution in [0.4, 0.5) is 0 Å². The number of rotatable bonds is 5. The number of carbonyl (C=O) groups is 1. The summed E-state index contributed by atoms with van der Waals surface area (Å²) >= 11 is 0. The summed E-state index contributed by atoms with van der Waals surface area (Å²) in [6, 6.07) is 13.7. The van der Waals surface area contributed by atoms with Gasteiger partial charge in [0.15, 0.2) is 0 Å². The largest absolute Gasteiger partial charge is 0.350 e. The zero-order valence-electron chi connectivity index (χ0n) is 13.8. The first-order chi connectivity index (χ1) is 12.1. The summed E-state index contributed by atoms with van der Waals surface area (Å²) < 4.78 is 26.7. The van der Waals surface area contributed by atoms with Crippen LogP contribution in [0.25, 0.3) is 0 Å². The molecule has 1 amide bonds. The zero-order valence-corrected chi connectivity index (χ0v) is 14.7. The Morgan fingerprint density at radius 2 is 1.76 bits per heavy atom. The highest BCUT2D eigenvalue weighted by Gasteiger charge is 2.29. The predicted octanol–water partition coefficient (Wildman–Crippen LogP) is 1.91. The van der Waals surface area contributed by atoms with Crippen molar-refractivity contribution in [1.82, 2.24) is 14.6 Å². The van der Waals surface area contributed by atoms with Crippen molar-refractivity contribution in [2.24, 2.45) is 5.92 Å². The van der Waals surface area contributed by atoms with Crippen molar-refractivity contribution in [3.63, 3.8) is 0 Å². The first-order valence-corrected chi connectivity index (χ1v) is 9.76. The van der Waals surface area contributed by atoms with E-state index in [-0.39, 0.29) is 11.8 Å². The fraction of sp³-hybridized carbons (Fsp3) is 0.333. The molecule has 0 saturated carbocycles. The average molecular weight is 359 g/mol. The normalized spacial score (nSPS) is 16.5. The minimum Gasteiger partial charge on any atom is -0.350 e. The van der Waals surface area contributed by atoms with Crippen LogP contribution in [0.15, 0.2) is 59.6 Å². The molecule has 1 aliphatic rings. The van der Waals surface area contributed by atoms with Crippen molar-refractivity contribution in [2.75, 3.05) is 19.6 Å². The lowest BCUT2D eigenvalue weighted by Crippen LogP contribution is -2.41. The van der Waals surface area contributed by atoms with Crippen molar-refractivity contribution in [3.05, 3.63) is 60.4 Å². The maximum Gasteiger partial charge on any atom is 0.269 e. The topological polar surface area (TPSA) is 79.4 Å². The van der Waals surface area contributed by atoms with E-state index in [1.54, 1.807) is 54.7 Å². The molecule has 1 aliphatic heterocycles. The maximum atomic E-state index is 12.6. The van der Waals surface area contributed by atoms with Crippen LogP contribution in [-0.2, 0) is 10.0 Å². The third-order valence-electron chi connectivity index (χ3n) is 4.40. The van der Waals surface area contributed by atoms with Gasteiger partial charge in [-0.25, -0.2) is 8.42 Å². The molecule has 2 heterocycles. The molecule has 1 aromatic carbocycles. The highest BCUT2D eigenvalue weighted by Crippen LogP contribution is 2.23. The molecule has 1 fully saturated rings. The van der Waals surface area contributed by atoms with Gasteiger partial charge < -0.3 is 5.32 Å². The number of sulfonamides is 1. The molecule has 7 heteroatoms. The average Bonchev–Trinajstić information content (AvgIpc) is 2.68. The molecule has 0 aliphatic carbocycles. The molecule has 2 aromatic rings. The number of pyridine rings is 1. The summed E-state index contributed by atoms with van der Waals surface area (Å²) in [7, 11) is -3.42. The molecule has 1 saturated heterocycles. The van der Waals surface area contributed by atoms with Gasteiger partial charge >= 0.3 is 0 Å². The Kier molecular flexibility index (Phi) is 5.45. The maximum absolute atomic E-state index is 12.6. The van der Waals surface area contributed by atoms with Gasteiger partial charge in [-0.3, -0.25) is 9.78 Å². The predicted molar refractivity (Wildman–Crippen MR) is 94.5 cm³/mol. The van der Waals surface area contributed by atoms with E-state index < -0.39 is 10.0 Å². The summed E-state index contributed by atoms with van der Waals surface area (Å²) in [5.74, 6) is 0.0785. The van der Waals surface area contributed by atoms with E-state index in [4.69, 9.17) is 0 Å². The van der Waals surface area contributed by atoms with Crippen LogP contribution in [0.1, 0.15) is 23.3 Å². The van der Waals surface area contributed by atoms with Crippen molar-refractivity contribution in [3.8, 4) is 0 Å². The first-order valence-electron chi connectivity index (χ1n) is 8.32. The zero-order chi connectivity index (χ0) is 17.7. The van der Waals surface area contributed by atoms with Crippen molar-refractivity contribution >= 4 is 15.9 Å². The summed E-state index contributed by atoms with van der Waals surface area (Å²) in [6.45, 7) is 1.48. The quantitative estimate of drug-likeness (QED) is 0.884. The van der Waals surface area contributed by atoms with Crippen LogP contribution >= 0.6 is 0 Å². The smallest absolute Gasteiger partial charge is 0.269 e. The van der Waals surface area contributed by atoms with Gasteiger partial charge in [0, 0.05) is 25.8 Å². The first kappa shape index (κ1) is 17.6. The standard InChI is InChI=1S/C18H21N3O3S/c22-18(17-8-4-5-11-19-17)20-14-15-9-12-21(13-10-15)25(23,24)16-6-2-1-3-7-16/h1-8,11,15H,9-10,12-14H2,(H,20,22). The van der Waals surface area contributed by atoms with Gasteiger partial charge in [0.05, 0.1) is 4.90 Å². The molecule has 0 bridgehead atoms. The van der Waals surface area contributed by atoms with E-state index in [1.807, 2.05) is 0 Å². The summed E-state index contributed by atoms with van der Waals surface area (Å²) in [5, 5.41) is 2.88. The van der Waals surface area contributed by atoms with E-state index in [2.05, 4.69) is 10.3 Å². The highest BCUT2D eigenvalue weighted by atomic mass is 32.2. The van der Waals surface area contributed by atoms with Crippen LogP contribution in [0, 0.1) is 5.92 Å². The highest BCUT2D eigenvalue weighted by molar-refractivity contribution is 7.89. The number of hydrogen-bond donors (Lipinski definition) is 1. The minimum absolute atomic E-state index is 0.195. The number of amides is 1. The lowest BCUT2D eigenvalue weighted by atomic mass is 9.98. The van der Waals surface area contributed by atoms with E-state index in [0.29, 0.717) is 30.2 Å². The van der Waals surface area contributed by atoms with Crippen LogP contribution in [0.5, 0.6) is 0 Å². The Bertz CT molecular complexity index is 802. The molecule has 3 rings (SSSR count). The van der Waals surface area contributed by atoms with Crippen LogP contribution in [-0.4, -0.2) is 43.2 Å². The molecule has 0 radical (unpaired) electrons. The lowest BCUT2D eigenvalue weighted by molar-refractivity contribution is 0.0936. The molecule has 0 atom stereocenters. The van der Waals surface area contributed by atoms with Gasteiger partial charge in [0.2, 0.25) is 10.0 Å². The Labute approximate surface area is 147 Å². The lowest BCUT2D eigenvalue weighted by Gasteiger charge is -2.31. The van der Waals surface area contributed by atoms with Crippen LogP contribution < -0.4 is 5.32 Å². The number of benzene rings is 1. The van der Waals surface area contributed by atoms with Gasteiger partial charge in [-0.1, -0.05) is 24.3 Å². The van der Waals surface area contributed by atoms with E-state index in [9.17, 15) is 13.2 Å². The second-order valence-electron chi connectivity index (χ2n) is 6.09. The fourth-order valence-electron chi connectivity index (χ4n) is 2.92. The van der Waals surface area contributed by atoms with Crippen LogP contribution in [0.3, 0.4) is 0 Å². The van der Waals surface area contributed by atoms with Crippen LogP contribution in [0.2, 0.25) is 0 Å². The van der Waals surface area contributed by atoms with Gasteiger partial charge in [-0.05, 0) is 43.0 Å². The molecule has 132 valence electrons. The molecule has 1 aromatic heterocycles. The molecule has 25 heavy (non-hydrogen) atoms. The van der Waals surface area contributed by atoms with Gasteiger partial charge in [-0.15, -0.1) is 0 Å². The van der Waals surface area contributed by atoms with E-state index in [0.717, 1.165) is 12.8 Å². The molecule has 0 spiro atoms. The van der Waals surface area contributed by atoms with Gasteiger partial charge in [0.25, 0.3) is 5.91 Å². The van der Waals surface area contributed by atoms with Crippen molar-refractivity contribution < 1.29 is 13.2 Å². The summed E-state index contributed by atoms with van der Waals surface area (Å²) in [6.07, 6.45) is 3.05. The molecule has 6 nitrogen and oxygen atoms in total. The van der Waals surface area contributed by atoms with Crippen molar-refractivity contribution in [1.29, 1.82) is 0 Å². The Hall–Kier alpha value is -2.25. The number of aromatic nitrogens is 1. The van der Waals surface area contributed by atoms with Gasteiger partial charge in [-0.2, -0.15) is 4.31 Å². The Morgan fingerprint density at radius 3 is 2.40 bits per heavy atom. The van der Waals surface area contributed by atoms with Crippen molar-refractivity contribution in [2.45, 2.75) is 17.7 Å². The molecular formula is C18H21N3O3S. The Morgan fingerprint density at radius 1 is 1.08 bits per heavy atom. The fourth-order valence-corrected chi connectivity index (χ4v) is 4.41. The van der Waals surface area contributed by atoms with E-state index >= 15 is 0 Å². The van der Waals surface area contributed by atoms with Gasteiger partial charge in [0.1, 0.15) is 5.69 Å². The second-order valence-corrected chi connectivity index (χ2v) is 8.02. The molecule has 1 N–H and O–H groups in total. The number of carbonyl (C=O) groups excluding carboxylic acids is 1. The Balaban J connectivity index is 1.51. The number of hydrogen-bond acceptors (Lipinski definition) is 4. The minimum atomic E-state index is -3.42.